The largest absolute Gasteiger partial charge is 0.332 e. The van der Waals surface area contributed by atoms with E-state index in [4.69, 9.17) is 5.73 Å². The highest BCUT2D eigenvalue weighted by molar-refractivity contribution is 5.95. The summed E-state index contributed by atoms with van der Waals surface area (Å²) < 4.78 is 0. The van der Waals surface area contributed by atoms with Crippen LogP contribution in [0.1, 0.15) is 39.0 Å². The lowest BCUT2D eigenvalue weighted by atomic mass is 10.1. The molecule has 5 heteroatoms. The Morgan fingerprint density at radius 1 is 1.39 bits per heavy atom. The molecule has 2 aliphatic rings. The van der Waals surface area contributed by atoms with Crippen LogP contribution in [-0.2, 0) is 9.59 Å². The van der Waals surface area contributed by atoms with E-state index in [9.17, 15) is 9.59 Å². The number of nitrogens with two attached hydrogens (primary N) is 1. The van der Waals surface area contributed by atoms with Crippen molar-refractivity contribution in [1.29, 1.82) is 0 Å². The van der Waals surface area contributed by atoms with Crippen molar-refractivity contribution in [2.75, 3.05) is 19.6 Å². The standard InChI is InChI=1S/C13H23N3O2/c1-10(14)5-2-3-7-15-9-12(17)16-8-4-6-11(16)13(15)18/h10-11H,2-9,14H2,1H3. The Kier molecular flexibility index (Phi) is 4.22. The average Bonchev–Trinajstić information content (AvgIpc) is 2.80. The van der Waals surface area contributed by atoms with Gasteiger partial charge in [-0.25, -0.2) is 0 Å². The van der Waals surface area contributed by atoms with Gasteiger partial charge in [0.25, 0.3) is 0 Å². The number of carbonyl (C=O) groups is 2. The van der Waals surface area contributed by atoms with E-state index < -0.39 is 0 Å². The second-order valence-electron chi connectivity index (χ2n) is 5.48. The van der Waals surface area contributed by atoms with Gasteiger partial charge in [0, 0.05) is 19.1 Å². The highest BCUT2D eigenvalue weighted by Gasteiger charge is 2.41. The molecule has 0 spiro atoms. The predicted octanol–water partition coefficient (Wildman–Crippen LogP) is 0.337. The van der Waals surface area contributed by atoms with Gasteiger partial charge in [-0.05, 0) is 32.6 Å². The molecule has 102 valence electrons. The van der Waals surface area contributed by atoms with Crippen LogP contribution < -0.4 is 5.73 Å². The molecule has 0 aromatic rings. The van der Waals surface area contributed by atoms with Gasteiger partial charge in [0.1, 0.15) is 6.04 Å². The van der Waals surface area contributed by atoms with Crippen LogP contribution in [0, 0.1) is 0 Å². The van der Waals surface area contributed by atoms with Gasteiger partial charge in [-0.1, -0.05) is 6.42 Å². The van der Waals surface area contributed by atoms with Gasteiger partial charge in [-0.3, -0.25) is 9.59 Å². The van der Waals surface area contributed by atoms with Gasteiger partial charge in [-0.15, -0.1) is 0 Å². The summed E-state index contributed by atoms with van der Waals surface area (Å²) in [7, 11) is 0. The number of carbonyl (C=O) groups excluding carboxylic acids is 2. The van der Waals surface area contributed by atoms with Crippen LogP contribution in [-0.4, -0.2) is 53.3 Å². The fourth-order valence-corrected chi connectivity index (χ4v) is 2.82. The van der Waals surface area contributed by atoms with Gasteiger partial charge in [0.15, 0.2) is 0 Å². The molecule has 2 atom stereocenters. The zero-order valence-electron chi connectivity index (χ0n) is 11.1. The van der Waals surface area contributed by atoms with Gasteiger partial charge in [0.05, 0.1) is 6.54 Å². The maximum atomic E-state index is 12.2. The summed E-state index contributed by atoms with van der Waals surface area (Å²) in [6.45, 7) is 3.72. The third kappa shape index (κ3) is 2.83. The molecule has 2 fully saturated rings. The lowest BCUT2D eigenvalue weighted by molar-refractivity contribution is -0.153. The minimum atomic E-state index is -0.167. The first-order valence-electron chi connectivity index (χ1n) is 6.93. The lowest BCUT2D eigenvalue weighted by Crippen LogP contribution is -2.57. The minimum absolute atomic E-state index is 0.115. The zero-order chi connectivity index (χ0) is 13.1. The summed E-state index contributed by atoms with van der Waals surface area (Å²) in [4.78, 5) is 27.6. The van der Waals surface area contributed by atoms with Crippen LogP contribution in [0.15, 0.2) is 0 Å². The summed E-state index contributed by atoms with van der Waals surface area (Å²) in [5, 5.41) is 0. The zero-order valence-corrected chi connectivity index (χ0v) is 11.1. The molecule has 0 aliphatic carbocycles. The molecule has 0 radical (unpaired) electrons. The fraction of sp³-hybridized carbons (Fsp3) is 0.846. The molecule has 2 heterocycles. The summed E-state index contributed by atoms with van der Waals surface area (Å²) >= 11 is 0. The maximum absolute atomic E-state index is 12.2. The number of hydrogen-bond donors (Lipinski definition) is 1. The van der Waals surface area contributed by atoms with E-state index in [1.165, 1.54) is 0 Å². The van der Waals surface area contributed by atoms with E-state index in [1.54, 1.807) is 9.80 Å². The van der Waals surface area contributed by atoms with Crippen molar-refractivity contribution < 1.29 is 9.59 Å². The molecule has 2 rings (SSSR count). The van der Waals surface area contributed by atoms with Gasteiger partial charge in [0.2, 0.25) is 11.8 Å². The second kappa shape index (κ2) is 5.69. The van der Waals surface area contributed by atoms with Crippen LogP contribution in [0.3, 0.4) is 0 Å². The fourth-order valence-electron chi connectivity index (χ4n) is 2.82. The molecule has 18 heavy (non-hydrogen) atoms. The number of hydrogen-bond acceptors (Lipinski definition) is 3. The first-order valence-corrected chi connectivity index (χ1v) is 6.93. The summed E-state index contributed by atoms with van der Waals surface area (Å²) in [5.74, 6) is 0.261. The monoisotopic (exact) mass is 253 g/mol. The third-order valence-corrected chi connectivity index (χ3v) is 3.83. The van der Waals surface area contributed by atoms with Crippen molar-refractivity contribution in [3.05, 3.63) is 0 Å². The van der Waals surface area contributed by atoms with Crippen molar-refractivity contribution in [3.63, 3.8) is 0 Å². The molecular formula is C13H23N3O2. The third-order valence-electron chi connectivity index (χ3n) is 3.83. The molecule has 0 saturated carbocycles. The van der Waals surface area contributed by atoms with Crippen molar-refractivity contribution in [1.82, 2.24) is 9.80 Å². The van der Waals surface area contributed by atoms with Crippen LogP contribution in [0.4, 0.5) is 0 Å². The van der Waals surface area contributed by atoms with Crippen molar-refractivity contribution in [2.45, 2.75) is 51.1 Å². The summed E-state index contributed by atoms with van der Waals surface area (Å²) in [5.41, 5.74) is 5.69. The predicted molar refractivity (Wildman–Crippen MR) is 68.8 cm³/mol. The Labute approximate surface area is 108 Å². The Morgan fingerprint density at radius 2 is 2.17 bits per heavy atom. The second-order valence-corrected chi connectivity index (χ2v) is 5.48. The highest BCUT2D eigenvalue weighted by Crippen LogP contribution is 2.23. The smallest absolute Gasteiger partial charge is 0.245 e. The van der Waals surface area contributed by atoms with Crippen LogP contribution in [0.5, 0.6) is 0 Å². The van der Waals surface area contributed by atoms with E-state index in [0.29, 0.717) is 6.54 Å². The van der Waals surface area contributed by atoms with E-state index in [0.717, 1.165) is 38.6 Å². The lowest BCUT2D eigenvalue weighted by Gasteiger charge is -2.36. The Balaban J connectivity index is 1.82. The van der Waals surface area contributed by atoms with Crippen molar-refractivity contribution in [2.24, 2.45) is 5.73 Å². The topological polar surface area (TPSA) is 66.6 Å². The van der Waals surface area contributed by atoms with Gasteiger partial charge < -0.3 is 15.5 Å². The quantitative estimate of drug-likeness (QED) is 0.718. The molecule has 0 bridgehead atoms. The number of piperazine rings is 1. The SMILES string of the molecule is CC(N)CCCCN1CC(=O)N2CCCC2C1=O. The summed E-state index contributed by atoms with van der Waals surface area (Å²) in [6.07, 6.45) is 4.73. The van der Waals surface area contributed by atoms with E-state index in [2.05, 4.69) is 0 Å². The van der Waals surface area contributed by atoms with Crippen molar-refractivity contribution in [3.8, 4) is 0 Å². The van der Waals surface area contributed by atoms with E-state index in [1.807, 2.05) is 6.92 Å². The van der Waals surface area contributed by atoms with Crippen LogP contribution in [0.25, 0.3) is 0 Å². The highest BCUT2D eigenvalue weighted by atomic mass is 16.2. The molecular weight excluding hydrogens is 230 g/mol. The Hall–Kier alpha value is -1.10. The number of amides is 2. The van der Waals surface area contributed by atoms with E-state index >= 15 is 0 Å². The van der Waals surface area contributed by atoms with Crippen molar-refractivity contribution >= 4 is 11.8 Å². The van der Waals surface area contributed by atoms with Crippen LogP contribution in [0.2, 0.25) is 0 Å². The number of nitrogens with zero attached hydrogens (tertiary/aromatic N) is 2. The van der Waals surface area contributed by atoms with Gasteiger partial charge >= 0.3 is 0 Å². The summed E-state index contributed by atoms with van der Waals surface area (Å²) in [6, 6.07) is 0.0497. The molecule has 2 unspecified atom stereocenters. The Bertz CT molecular complexity index is 330. The molecule has 2 amide bonds. The normalized spacial score (nSPS) is 25.6. The maximum Gasteiger partial charge on any atom is 0.245 e. The molecule has 2 aliphatic heterocycles. The molecule has 2 saturated heterocycles. The molecule has 0 aromatic carbocycles. The molecule has 5 nitrogen and oxygen atoms in total. The average molecular weight is 253 g/mol. The number of fused-ring (bicyclic) bond motifs is 1. The first kappa shape index (κ1) is 13.3. The van der Waals surface area contributed by atoms with Gasteiger partial charge in [-0.2, -0.15) is 0 Å². The molecule has 2 N–H and O–H groups in total. The first-order chi connectivity index (χ1) is 8.59. The minimum Gasteiger partial charge on any atom is -0.332 e. The van der Waals surface area contributed by atoms with Crippen LogP contribution >= 0.6 is 0 Å². The van der Waals surface area contributed by atoms with E-state index in [-0.39, 0.29) is 30.4 Å². The number of unbranched alkanes of at least 4 members (excludes halogenated alkanes) is 1. The number of rotatable bonds is 5. The Morgan fingerprint density at radius 3 is 2.89 bits per heavy atom. The molecule has 0 aromatic heterocycles.